The van der Waals surface area contributed by atoms with E-state index in [-0.39, 0.29) is 6.04 Å². The maximum Gasteiger partial charge on any atom is 0.244 e. The van der Waals surface area contributed by atoms with E-state index in [1.807, 2.05) is 0 Å². The van der Waals surface area contributed by atoms with Crippen molar-refractivity contribution in [2.24, 2.45) is 0 Å². The fraction of sp³-hybridized carbons (Fsp3) is 0.667. The molecule has 0 radical (unpaired) electrons. The predicted molar refractivity (Wildman–Crippen MR) is 68.7 cm³/mol. The summed E-state index contributed by atoms with van der Waals surface area (Å²) < 4.78 is 26.8. The Morgan fingerprint density at radius 1 is 1.28 bits per heavy atom. The van der Waals surface area contributed by atoms with Crippen LogP contribution in [0.15, 0.2) is 23.4 Å². The van der Waals surface area contributed by atoms with Crippen molar-refractivity contribution in [2.75, 3.05) is 13.1 Å². The van der Waals surface area contributed by atoms with Crippen LogP contribution in [0.1, 0.15) is 25.7 Å². The molecule has 2 aliphatic rings. The van der Waals surface area contributed by atoms with E-state index < -0.39 is 10.0 Å². The average molecular weight is 269 g/mol. The number of hydrogen-bond donors (Lipinski definition) is 2. The second-order valence-electron chi connectivity index (χ2n) is 5.07. The van der Waals surface area contributed by atoms with Crippen molar-refractivity contribution in [1.29, 1.82) is 0 Å². The molecule has 0 aromatic carbocycles. The Morgan fingerprint density at radius 3 is 2.83 bits per heavy atom. The first kappa shape index (κ1) is 12.2. The number of sulfonamides is 1. The van der Waals surface area contributed by atoms with E-state index in [1.54, 1.807) is 22.8 Å². The normalized spacial score (nSPS) is 30.0. The molecule has 3 rings (SSSR count). The molecule has 100 valence electrons. The minimum atomic E-state index is -3.32. The van der Waals surface area contributed by atoms with E-state index in [2.05, 4.69) is 10.3 Å². The lowest BCUT2D eigenvalue weighted by Crippen LogP contribution is -2.46. The summed E-state index contributed by atoms with van der Waals surface area (Å²) in [6, 6.07) is 2.10. The first-order chi connectivity index (χ1) is 8.69. The number of nitrogens with zero attached hydrogens (tertiary/aromatic N) is 1. The molecule has 5 nitrogen and oxygen atoms in total. The molecule has 2 fully saturated rings. The van der Waals surface area contributed by atoms with Gasteiger partial charge in [-0.3, -0.25) is 0 Å². The summed E-state index contributed by atoms with van der Waals surface area (Å²) in [5, 5.41) is 3.43. The summed E-state index contributed by atoms with van der Waals surface area (Å²) in [4.78, 5) is 3.20. The third-order valence-electron chi connectivity index (χ3n) is 3.99. The molecule has 2 N–H and O–H groups in total. The molecule has 0 saturated carbocycles. The molecule has 1 aromatic rings. The zero-order valence-electron chi connectivity index (χ0n) is 10.3. The summed E-state index contributed by atoms with van der Waals surface area (Å²) in [7, 11) is -3.32. The van der Waals surface area contributed by atoms with Gasteiger partial charge in [0.05, 0.1) is 4.90 Å². The van der Waals surface area contributed by atoms with Crippen LogP contribution in [0.4, 0.5) is 0 Å². The van der Waals surface area contributed by atoms with Crippen LogP contribution >= 0.6 is 0 Å². The lowest BCUT2D eigenvalue weighted by molar-refractivity contribution is 0.322. The standard InChI is InChI=1S/C12H19N3O2S/c16-18(17,10-5-7-13-9-10)15-8-2-4-12(15)11-3-1-6-14-11/h5,7,9,11-14H,1-4,6,8H2. The van der Waals surface area contributed by atoms with Crippen LogP contribution in [0.25, 0.3) is 0 Å². The number of rotatable bonds is 3. The molecule has 2 saturated heterocycles. The van der Waals surface area contributed by atoms with Gasteiger partial charge >= 0.3 is 0 Å². The van der Waals surface area contributed by atoms with Gasteiger partial charge < -0.3 is 10.3 Å². The summed E-state index contributed by atoms with van der Waals surface area (Å²) in [5.74, 6) is 0. The van der Waals surface area contributed by atoms with Crippen LogP contribution in [-0.4, -0.2) is 42.9 Å². The molecule has 3 heterocycles. The predicted octanol–water partition coefficient (Wildman–Crippen LogP) is 0.920. The van der Waals surface area contributed by atoms with Gasteiger partial charge in [0.25, 0.3) is 0 Å². The van der Waals surface area contributed by atoms with Gasteiger partial charge in [-0.2, -0.15) is 4.31 Å². The zero-order valence-corrected chi connectivity index (χ0v) is 11.1. The van der Waals surface area contributed by atoms with Gasteiger partial charge in [0.15, 0.2) is 0 Å². The second-order valence-corrected chi connectivity index (χ2v) is 6.97. The quantitative estimate of drug-likeness (QED) is 0.857. The molecule has 1 aromatic heterocycles. The van der Waals surface area contributed by atoms with E-state index in [1.165, 1.54) is 0 Å². The highest BCUT2D eigenvalue weighted by molar-refractivity contribution is 7.89. The largest absolute Gasteiger partial charge is 0.366 e. The van der Waals surface area contributed by atoms with Crippen molar-refractivity contribution in [1.82, 2.24) is 14.6 Å². The highest BCUT2D eigenvalue weighted by atomic mass is 32.2. The average Bonchev–Trinajstić information content (AvgIpc) is 3.11. The molecular formula is C12H19N3O2S. The van der Waals surface area contributed by atoms with Crippen molar-refractivity contribution in [2.45, 2.75) is 42.7 Å². The van der Waals surface area contributed by atoms with Gasteiger partial charge in [-0.05, 0) is 38.3 Å². The first-order valence-electron chi connectivity index (χ1n) is 6.57. The zero-order chi connectivity index (χ0) is 12.6. The van der Waals surface area contributed by atoms with Crippen molar-refractivity contribution in [3.05, 3.63) is 18.5 Å². The molecule has 18 heavy (non-hydrogen) atoms. The molecule has 0 aliphatic carbocycles. The number of hydrogen-bond acceptors (Lipinski definition) is 3. The van der Waals surface area contributed by atoms with Crippen LogP contribution in [-0.2, 0) is 10.0 Å². The molecule has 0 spiro atoms. The summed E-state index contributed by atoms with van der Waals surface area (Å²) in [5.41, 5.74) is 0. The number of H-pyrrole nitrogens is 1. The molecule has 2 unspecified atom stereocenters. The highest BCUT2D eigenvalue weighted by Crippen LogP contribution is 2.30. The lowest BCUT2D eigenvalue weighted by Gasteiger charge is -2.28. The van der Waals surface area contributed by atoms with Crippen LogP contribution in [0, 0.1) is 0 Å². The second kappa shape index (κ2) is 4.68. The summed E-state index contributed by atoms with van der Waals surface area (Å²) >= 11 is 0. The number of aromatic nitrogens is 1. The van der Waals surface area contributed by atoms with E-state index in [9.17, 15) is 8.42 Å². The molecule has 0 amide bonds. The molecule has 2 aliphatic heterocycles. The van der Waals surface area contributed by atoms with E-state index >= 15 is 0 Å². The fourth-order valence-electron chi connectivity index (χ4n) is 3.11. The van der Waals surface area contributed by atoms with Gasteiger partial charge in [-0.25, -0.2) is 8.42 Å². The lowest BCUT2D eigenvalue weighted by atomic mass is 10.1. The Kier molecular flexibility index (Phi) is 3.17. The van der Waals surface area contributed by atoms with Gasteiger partial charge in [0.1, 0.15) is 0 Å². The van der Waals surface area contributed by atoms with Crippen molar-refractivity contribution >= 4 is 10.0 Å². The Labute approximate surface area is 108 Å². The van der Waals surface area contributed by atoms with Crippen LogP contribution in [0.2, 0.25) is 0 Å². The van der Waals surface area contributed by atoms with Crippen molar-refractivity contribution in [3.8, 4) is 0 Å². The first-order valence-corrected chi connectivity index (χ1v) is 8.01. The van der Waals surface area contributed by atoms with Gasteiger partial charge in [0, 0.05) is 31.0 Å². The monoisotopic (exact) mass is 269 g/mol. The van der Waals surface area contributed by atoms with Gasteiger partial charge in [-0.15, -0.1) is 0 Å². The van der Waals surface area contributed by atoms with Crippen molar-refractivity contribution < 1.29 is 8.42 Å². The van der Waals surface area contributed by atoms with Gasteiger partial charge in [-0.1, -0.05) is 0 Å². The Bertz CT molecular complexity index is 491. The molecule has 2 atom stereocenters. The van der Waals surface area contributed by atoms with E-state index in [0.717, 1.165) is 32.2 Å². The third-order valence-corrected chi connectivity index (χ3v) is 5.91. The molecular weight excluding hydrogens is 250 g/mol. The van der Waals surface area contributed by atoms with Crippen molar-refractivity contribution in [3.63, 3.8) is 0 Å². The smallest absolute Gasteiger partial charge is 0.244 e. The van der Waals surface area contributed by atoms with Crippen LogP contribution in [0.3, 0.4) is 0 Å². The topological polar surface area (TPSA) is 65.2 Å². The Morgan fingerprint density at radius 2 is 2.17 bits per heavy atom. The number of nitrogens with one attached hydrogen (secondary N) is 2. The Balaban J connectivity index is 1.86. The highest BCUT2D eigenvalue weighted by Gasteiger charge is 2.40. The minimum Gasteiger partial charge on any atom is -0.366 e. The summed E-state index contributed by atoms with van der Waals surface area (Å²) in [6.07, 6.45) is 7.40. The molecule has 0 bridgehead atoms. The third kappa shape index (κ3) is 1.98. The van der Waals surface area contributed by atoms with Crippen LogP contribution < -0.4 is 5.32 Å². The Hall–Kier alpha value is -0.850. The SMILES string of the molecule is O=S(=O)(c1cc[nH]c1)N1CCCC1C1CCCN1. The molecule has 6 heteroatoms. The fourth-order valence-corrected chi connectivity index (χ4v) is 4.82. The van der Waals surface area contributed by atoms with E-state index in [0.29, 0.717) is 17.5 Å². The summed E-state index contributed by atoms with van der Waals surface area (Å²) in [6.45, 7) is 1.66. The number of aromatic amines is 1. The van der Waals surface area contributed by atoms with E-state index in [4.69, 9.17) is 0 Å². The maximum absolute atomic E-state index is 12.5. The minimum absolute atomic E-state index is 0.132. The maximum atomic E-state index is 12.5. The van der Waals surface area contributed by atoms with Crippen LogP contribution in [0.5, 0.6) is 0 Å². The van der Waals surface area contributed by atoms with Gasteiger partial charge in [0.2, 0.25) is 10.0 Å².